The Morgan fingerprint density at radius 2 is 1.96 bits per heavy atom. The summed E-state index contributed by atoms with van der Waals surface area (Å²) in [7, 11) is 1.75. The molecule has 0 spiro atoms. The van der Waals surface area contributed by atoms with Gasteiger partial charge < -0.3 is 15.4 Å². The molecule has 1 aliphatic rings. The van der Waals surface area contributed by atoms with Gasteiger partial charge in [0.25, 0.3) is 0 Å². The maximum Gasteiger partial charge on any atom is 0.126 e. The number of nitrogens with one attached hydrogen (secondary N) is 2. The number of hydrogen-bond donors (Lipinski definition) is 2. The van der Waals surface area contributed by atoms with E-state index in [0.717, 1.165) is 61.5 Å². The van der Waals surface area contributed by atoms with Crippen molar-refractivity contribution in [3.63, 3.8) is 0 Å². The second-order valence-electron chi connectivity index (χ2n) is 7.63. The quantitative estimate of drug-likeness (QED) is 0.669. The minimum atomic E-state index is 0.395. The zero-order valence-corrected chi connectivity index (χ0v) is 17.8. The Bertz CT molecular complexity index is 762. The van der Waals surface area contributed by atoms with Crippen molar-refractivity contribution >= 4 is 17.4 Å². The van der Waals surface area contributed by atoms with Crippen molar-refractivity contribution in [3.8, 4) is 11.3 Å². The van der Waals surface area contributed by atoms with Crippen molar-refractivity contribution in [2.24, 2.45) is 0 Å². The zero-order chi connectivity index (χ0) is 19.9. The van der Waals surface area contributed by atoms with Gasteiger partial charge in [-0.05, 0) is 57.2 Å². The number of pyridine rings is 2. The van der Waals surface area contributed by atoms with E-state index < -0.39 is 0 Å². The van der Waals surface area contributed by atoms with E-state index in [1.54, 1.807) is 13.3 Å². The second-order valence-corrected chi connectivity index (χ2v) is 8.04. The number of rotatable bonds is 8. The fourth-order valence-electron chi connectivity index (χ4n) is 3.85. The van der Waals surface area contributed by atoms with Crippen molar-refractivity contribution in [3.05, 3.63) is 41.2 Å². The minimum absolute atomic E-state index is 0.395. The number of ether oxygens (including phenoxy) is 1. The van der Waals surface area contributed by atoms with E-state index in [9.17, 15) is 0 Å². The van der Waals surface area contributed by atoms with Gasteiger partial charge in [0.05, 0.1) is 17.3 Å². The molecule has 0 saturated heterocycles. The standard InChI is InChI=1S/C22H31ClN4O/c1-4-16-6-5-7-21(26-16)19-12-22(24-13-20(19)23)27-18-10-8-17(9-11-18)25-15(2)14-28-3/h5-7,12-13,15,17-18,25H,4,8-11,14H2,1-3H3,(H,24,27). The third-order valence-electron chi connectivity index (χ3n) is 5.32. The van der Waals surface area contributed by atoms with Crippen LogP contribution < -0.4 is 10.6 Å². The lowest BCUT2D eigenvalue weighted by Crippen LogP contribution is -2.42. The Morgan fingerprint density at radius 1 is 1.21 bits per heavy atom. The zero-order valence-electron chi connectivity index (χ0n) is 17.0. The number of anilines is 1. The Balaban J connectivity index is 1.61. The highest BCUT2D eigenvalue weighted by Gasteiger charge is 2.22. The molecule has 1 atom stereocenters. The number of nitrogens with zero attached hydrogens (tertiary/aromatic N) is 2. The van der Waals surface area contributed by atoms with Crippen molar-refractivity contribution in [1.29, 1.82) is 0 Å². The van der Waals surface area contributed by atoms with E-state index >= 15 is 0 Å². The van der Waals surface area contributed by atoms with Crippen molar-refractivity contribution < 1.29 is 4.74 Å². The number of aromatic nitrogens is 2. The van der Waals surface area contributed by atoms with Gasteiger partial charge in [0.1, 0.15) is 5.82 Å². The molecule has 2 N–H and O–H groups in total. The first-order valence-corrected chi connectivity index (χ1v) is 10.6. The molecule has 5 nitrogen and oxygen atoms in total. The highest BCUT2D eigenvalue weighted by Crippen LogP contribution is 2.29. The Morgan fingerprint density at radius 3 is 2.68 bits per heavy atom. The molecule has 1 unspecified atom stereocenters. The maximum absolute atomic E-state index is 6.41. The Kier molecular flexibility index (Phi) is 7.65. The fraction of sp³-hybridized carbons (Fsp3) is 0.545. The summed E-state index contributed by atoms with van der Waals surface area (Å²) in [6.45, 7) is 5.03. The lowest BCUT2D eigenvalue weighted by Gasteiger charge is -2.31. The van der Waals surface area contributed by atoms with E-state index in [2.05, 4.69) is 29.5 Å². The molecule has 2 heterocycles. The van der Waals surface area contributed by atoms with Crippen LogP contribution in [-0.2, 0) is 11.2 Å². The summed E-state index contributed by atoms with van der Waals surface area (Å²) in [5.74, 6) is 0.868. The molecule has 1 aliphatic carbocycles. The highest BCUT2D eigenvalue weighted by atomic mass is 35.5. The van der Waals surface area contributed by atoms with Crippen LogP contribution >= 0.6 is 11.6 Å². The van der Waals surface area contributed by atoms with Crippen LogP contribution in [0.4, 0.5) is 5.82 Å². The first-order chi connectivity index (χ1) is 13.6. The van der Waals surface area contributed by atoms with Gasteiger partial charge in [-0.2, -0.15) is 0 Å². The van der Waals surface area contributed by atoms with E-state index in [4.69, 9.17) is 21.3 Å². The topological polar surface area (TPSA) is 59.1 Å². The molecule has 2 aromatic heterocycles. The van der Waals surface area contributed by atoms with Gasteiger partial charge in [0, 0.05) is 42.7 Å². The molecule has 152 valence electrons. The lowest BCUT2D eigenvalue weighted by atomic mass is 9.90. The molecule has 1 fully saturated rings. The Hall–Kier alpha value is -1.69. The monoisotopic (exact) mass is 402 g/mol. The van der Waals surface area contributed by atoms with Crippen LogP contribution in [0, 0.1) is 0 Å². The van der Waals surface area contributed by atoms with Gasteiger partial charge >= 0.3 is 0 Å². The molecule has 6 heteroatoms. The van der Waals surface area contributed by atoms with Crippen LogP contribution in [0.3, 0.4) is 0 Å². The van der Waals surface area contributed by atoms with Crippen LogP contribution in [0.25, 0.3) is 11.3 Å². The predicted octanol–water partition coefficient (Wildman–Crippen LogP) is 4.71. The summed E-state index contributed by atoms with van der Waals surface area (Å²) in [6.07, 6.45) is 7.20. The summed E-state index contributed by atoms with van der Waals surface area (Å²) < 4.78 is 5.22. The normalized spacial score (nSPS) is 20.7. The van der Waals surface area contributed by atoms with Crippen LogP contribution in [0.5, 0.6) is 0 Å². The molecule has 3 rings (SSSR count). The second kappa shape index (κ2) is 10.2. The molecular formula is C22H31ClN4O. The molecule has 1 saturated carbocycles. The molecular weight excluding hydrogens is 372 g/mol. The van der Waals surface area contributed by atoms with Crippen LogP contribution in [0.15, 0.2) is 30.5 Å². The molecule has 0 aliphatic heterocycles. The maximum atomic E-state index is 6.41. The van der Waals surface area contributed by atoms with Gasteiger partial charge in [-0.25, -0.2) is 4.98 Å². The summed E-state index contributed by atoms with van der Waals surface area (Å²) in [5, 5.41) is 7.89. The van der Waals surface area contributed by atoms with E-state index in [1.807, 2.05) is 24.3 Å². The summed E-state index contributed by atoms with van der Waals surface area (Å²) >= 11 is 6.41. The summed E-state index contributed by atoms with van der Waals surface area (Å²) in [5.41, 5.74) is 2.89. The number of halogens is 1. The van der Waals surface area contributed by atoms with Crippen LogP contribution in [0.1, 0.15) is 45.2 Å². The molecule has 28 heavy (non-hydrogen) atoms. The van der Waals surface area contributed by atoms with E-state index in [1.165, 1.54) is 0 Å². The molecule has 0 amide bonds. The van der Waals surface area contributed by atoms with E-state index in [-0.39, 0.29) is 0 Å². The van der Waals surface area contributed by atoms with Crippen molar-refractivity contribution in [1.82, 2.24) is 15.3 Å². The van der Waals surface area contributed by atoms with E-state index in [0.29, 0.717) is 23.1 Å². The van der Waals surface area contributed by atoms with Crippen molar-refractivity contribution in [2.75, 3.05) is 19.0 Å². The third-order valence-corrected chi connectivity index (χ3v) is 5.62. The van der Waals surface area contributed by atoms with Gasteiger partial charge in [0.15, 0.2) is 0 Å². The van der Waals surface area contributed by atoms with Crippen LogP contribution in [0.2, 0.25) is 5.02 Å². The van der Waals surface area contributed by atoms with Crippen LogP contribution in [-0.4, -0.2) is 41.8 Å². The number of methoxy groups -OCH3 is 1. The SMILES string of the molecule is CCc1cccc(-c2cc(NC3CCC(NC(C)COC)CC3)ncc2Cl)n1. The minimum Gasteiger partial charge on any atom is -0.383 e. The average Bonchev–Trinajstić information content (AvgIpc) is 2.71. The average molecular weight is 403 g/mol. The van der Waals surface area contributed by atoms with Gasteiger partial charge in [0.2, 0.25) is 0 Å². The highest BCUT2D eigenvalue weighted by molar-refractivity contribution is 6.33. The first-order valence-electron chi connectivity index (χ1n) is 10.2. The van der Waals surface area contributed by atoms with Crippen molar-refractivity contribution in [2.45, 2.75) is 64.1 Å². The molecule has 0 aromatic carbocycles. The van der Waals surface area contributed by atoms with Gasteiger partial charge in [-0.3, -0.25) is 4.98 Å². The van der Waals surface area contributed by atoms with Gasteiger partial charge in [-0.1, -0.05) is 24.6 Å². The molecule has 0 radical (unpaired) electrons. The predicted molar refractivity (Wildman–Crippen MR) is 116 cm³/mol. The lowest BCUT2D eigenvalue weighted by molar-refractivity contribution is 0.161. The number of hydrogen-bond acceptors (Lipinski definition) is 5. The smallest absolute Gasteiger partial charge is 0.126 e. The summed E-state index contributed by atoms with van der Waals surface area (Å²) in [6, 6.07) is 9.50. The fourth-order valence-corrected chi connectivity index (χ4v) is 4.05. The largest absolute Gasteiger partial charge is 0.383 e. The molecule has 0 bridgehead atoms. The van der Waals surface area contributed by atoms with Gasteiger partial charge in [-0.15, -0.1) is 0 Å². The molecule has 2 aromatic rings. The summed E-state index contributed by atoms with van der Waals surface area (Å²) in [4.78, 5) is 9.19. The first kappa shape index (κ1) is 21.0. The third kappa shape index (κ3) is 5.66. The Labute approximate surface area is 173 Å². The number of aryl methyl sites for hydroxylation is 1.